The first-order valence-electron chi connectivity index (χ1n) is 3.81. The second-order valence-corrected chi connectivity index (χ2v) is 4.65. The highest BCUT2D eigenvalue weighted by Crippen LogP contribution is 2.31. The third-order valence-corrected chi connectivity index (χ3v) is 3.51. The van der Waals surface area contributed by atoms with Gasteiger partial charge in [-0.25, -0.2) is 0 Å². The Morgan fingerprint density at radius 3 is 2.30 bits per heavy atom. The Bertz CT molecular complexity index is 151. The van der Waals surface area contributed by atoms with Gasteiger partial charge in [0.2, 0.25) is 0 Å². The van der Waals surface area contributed by atoms with Crippen LogP contribution in [-0.2, 0) is 0 Å². The number of hydrogen-bond donors (Lipinski definition) is 0. The SMILES string of the molecule is CC1=N[C@@H](C(C)C)S[C@@H]1C. The predicted octanol–water partition coefficient (Wildman–Crippen LogP) is 2.56. The van der Waals surface area contributed by atoms with Crippen molar-refractivity contribution in [3.05, 3.63) is 0 Å². The summed E-state index contributed by atoms with van der Waals surface area (Å²) in [7, 11) is 0. The molecular formula is C8H15NS. The molecule has 1 aliphatic heterocycles. The zero-order valence-electron chi connectivity index (χ0n) is 7.09. The molecule has 0 aromatic rings. The second kappa shape index (κ2) is 2.95. The zero-order chi connectivity index (χ0) is 7.72. The highest BCUT2D eigenvalue weighted by atomic mass is 32.2. The topological polar surface area (TPSA) is 12.4 Å². The Morgan fingerprint density at radius 2 is 2.10 bits per heavy atom. The fraction of sp³-hybridized carbons (Fsp3) is 0.875. The van der Waals surface area contributed by atoms with Gasteiger partial charge in [0.15, 0.2) is 0 Å². The van der Waals surface area contributed by atoms with Gasteiger partial charge in [0.05, 0.1) is 5.37 Å². The summed E-state index contributed by atoms with van der Waals surface area (Å²) in [4.78, 5) is 4.55. The second-order valence-electron chi connectivity index (χ2n) is 3.18. The maximum atomic E-state index is 4.55. The molecular weight excluding hydrogens is 142 g/mol. The number of rotatable bonds is 1. The normalized spacial score (nSPS) is 33.1. The van der Waals surface area contributed by atoms with Crippen molar-refractivity contribution < 1.29 is 0 Å². The molecule has 0 aliphatic carbocycles. The van der Waals surface area contributed by atoms with Crippen molar-refractivity contribution in [3.8, 4) is 0 Å². The standard InChI is InChI=1S/C8H15NS/c1-5(2)8-9-6(3)7(4)10-8/h5,7-8H,1-4H3/t7-,8-/m1/s1. The van der Waals surface area contributed by atoms with Gasteiger partial charge in [0.1, 0.15) is 0 Å². The molecule has 0 bridgehead atoms. The van der Waals surface area contributed by atoms with Gasteiger partial charge in [0, 0.05) is 11.0 Å². The van der Waals surface area contributed by atoms with Crippen LogP contribution >= 0.6 is 11.8 Å². The van der Waals surface area contributed by atoms with Gasteiger partial charge in [-0.15, -0.1) is 11.8 Å². The first-order valence-corrected chi connectivity index (χ1v) is 4.75. The van der Waals surface area contributed by atoms with Crippen molar-refractivity contribution >= 4 is 17.5 Å². The van der Waals surface area contributed by atoms with E-state index in [0.29, 0.717) is 16.5 Å². The lowest BCUT2D eigenvalue weighted by atomic mass is 10.2. The van der Waals surface area contributed by atoms with Gasteiger partial charge in [-0.05, 0) is 19.8 Å². The summed E-state index contributed by atoms with van der Waals surface area (Å²) in [5.74, 6) is 0.685. The maximum Gasteiger partial charge on any atom is 0.0980 e. The molecule has 1 heterocycles. The summed E-state index contributed by atoms with van der Waals surface area (Å²) < 4.78 is 0. The van der Waals surface area contributed by atoms with Crippen molar-refractivity contribution in [2.45, 2.75) is 38.3 Å². The fourth-order valence-electron chi connectivity index (χ4n) is 0.950. The molecule has 1 aliphatic rings. The molecule has 0 saturated heterocycles. The van der Waals surface area contributed by atoms with E-state index >= 15 is 0 Å². The lowest BCUT2D eigenvalue weighted by Crippen LogP contribution is -2.05. The zero-order valence-corrected chi connectivity index (χ0v) is 7.90. The Morgan fingerprint density at radius 1 is 1.50 bits per heavy atom. The molecule has 0 radical (unpaired) electrons. The van der Waals surface area contributed by atoms with Crippen molar-refractivity contribution in [2.24, 2.45) is 10.9 Å². The molecule has 2 heteroatoms. The van der Waals surface area contributed by atoms with E-state index in [1.165, 1.54) is 5.71 Å². The molecule has 0 aromatic carbocycles. The van der Waals surface area contributed by atoms with Gasteiger partial charge in [-0.3, -0.25) is 4.99 Å². The summed E-state index contributed by atoms with van der Waals surface area (Å²) in [6.07, 6.45) is 0. The Labute approximate surface area is 67.3 Å². The number of nitrogens with zero attached hydrogens (tertiary/aromatic N) is 1. The van der Waals surface area contributed by atoms with Crippen molar-refractivity contribution in [3.63, 3.8) is 0 Å². The van der Waals surface area contributed by atoms with Crippen LogP contribution < -0.4 is 0 Å². The van der Waals surface area contributed by atoms with Crippen LogP contribution in [-0.4, -0.2) is 16.3 Å². The minimum absolute atomic E-state index is 0.523. The van der Waals surface area contributed by atoms with Crippen LogP contribution in [0, 0.1) is 5.92 Å². The number of aliphatic imine (C=N–C) groups is 1. The van der Waals surface area contributed by atoms with Crippen LogP contribution in [0.15, 0.2) is 4.99 Å². The minimum Gasteiger partial charge on any atom is -0.279 e. The quantitative estimate of drug-likeness (QED) is 0.570. The van der Waals surface area contributed by atoms with Gasteiger partial charge in [-0.2, -0.15) is 0 Å². The van der Waals surface area contributed by atoms with E-state index in [4.69, 9.17) is 0 Å². The average molecular weight is 157 g/mol. The molecule has 1 nitrogen and oxygen atoms in total. The van der Waals surface area contributed by atoms with E-state index in [2.05, 4.69) is 32.7 Å². The van der Waals surface area contributed by atoms with E-state index in [9.17, 15) is 0 Å². The number of thioether (sulfide) groups is 1. The van der Waals surface area contributed by atoms with Gasteiger partial charge >= 0.3 is 0 Å². The third-order valence-electron chi connectivity index (χ3n) is 1.83. The fourth-order valence-corrected chi connectivity index (χ4v) is 2.17. The Balaban J connectivity index is 2.56. The molecule has 0 fully saturated rings. The minimum atomic E-state index is 0.523. The first-order chi connectivity index (χ1) is 4.61. The smallest absolute Gasteiger partial charge is 0.0980 e. The summed E-state index contributed by atoms with van der Waals surface area (Å²) in [6, 6.07) is 0. The van der Waals surface area contributed by atoms with E-state index in [1.54, 1.807) is 0 Å². The van der Waals surface area contributed by atoms with Crippen LogP contribution in [0.5, 0.6) is 0 Å². The highest BCUT2D eigenvalue weighted by molar-refractivity contribution is 8.01. The van der Waals surface area contributed by atoms with Crippen molar-refractivity contribution in [2.75, 3.05) is 0 Å². The summed E-state index contributed by atoms with van der Waals surface area (Å²) in [6.45, 7) is 8.81. The summed E-state index contributed by atoms with van der Waals surface area (Å²) in [5.41, 5.74) is 1.31. The van der Waals surface area contributed by atoms with Crippen molar-refractivity contribution in [1.82, 2.24) is 0 Å². The lowest BCUT2D eigenvalue weighted by Gasteiger charge is -2.10. The molecule has 10 heavy (non-hydrogen) atoms. The average Bonchev–Trinajstić information content (AvgIpc) is 2.13. The van der Waals surface area contributed by atoms with E-state index in [0.717, 1.165) is 0 Å². The summed E-state index contributed by atoms with van der Waals surface area (Å²) >= 11 is 1.98. The third kappa shape index (κ3) is 1.54. The molecule has 1 rings (SSSR count). The summed E-state index contributed by atoms with van der Waals surface area (Å²) in [5, 5.41) is 1.17. The van der Waals surface area contributed by atoms with Crippen LogP contribution in [0.4, 0.5) is 0 Å². The van der Waals surface area contributed by atoms with Crippen LogP contribution in [0.25, 0.3) is 0 Å². The van der Waals surface area contributed by atoms with E-state index < -0.39 is 0 Å². The molecule has 0 unspecified atom stereocenters. The number of hydrogen-bond acceptors (Lipinski definition) is 2. The first kappa shape index (κ1) is 8.12. The Kier molecular flexibility index (Phi) is 2.40. The Hall–Kier alpha value is 0.0200. The van der Waals surface area contributed by atoms with Gasteiger partial charge in [0.25, 0.3) is 0 Å². The lowest BCUT2D eigenvalue weighted by molar-refractivity contribution is 0.630. The van der Waals surface area contributed by atoms with Gasteiger partial charge in [-0.1, -0.05) is 13.8 Å². The molecule has 0 spiro atoms. The van der Waals surface area contributed by atoms with Crippen LogP contribution in [0.1, 0.15) is 27.7 Å². The molecule has 58 valence electrons. The maximum absolute atomic E-state index is 4.55. The molecule has 2 atom stereocenters. The highest BCUT2D eigenvalue weighted by Gasteiger charge is 2.24. The van der Waals surface area contributed by atoms with Gasteiger partial charge < -0.3 is 0 Å². The van der Waals surface area contributed by atoms with Crippen molar-refractivity contribution in [1.29, 1.82) is 0 Å². The molecule has 0 N–H and O–H groups in total. The van der Waals surface area contributed by atoms with E-state index in [-0.39, 0.29) is 0 Å². The van der Waals surface area contributed by atoms with Crippen LogP contribution in [0.3, 0.4) is 0 Å². The van der Waals surface area contributed by atoms with E-state index in [1.807, 2.05) is 11.8 Å². The predicted molar refractivity (Wildman–Crippen MR) is 48.8 cm³/mol. The van der Waals surface area contributed by atoms with Crippen LogP contribution in [0.2, 0.25) is 0 Å². The monoisotopic (exact) mass is 157 g/mol. The molecule has 0 amide bonds. The molecule has 0 aromatic heterocycles. The largest absolute Gasteiger partial charge is 0.279 e. The molecule has 0 saturated carbocycles.